The van der Waals surface area contributed by atoms with Gasteiger partial charge >= 0.3 is 0 Å². The molecule has 3 N–H and O–H groups in total. The number of hydrogen-bond acceptors (Lipinski definition) is 4. The number of aliphatic hydroxyl groups excluding tert-OH is 1. The third-order valence-corrected chi connectivity index (χ3v) is 4.61. The molecule has 1 aromatic rings. The Morgan fingerprint density at radius 1 is 1.42 bits per heavy atom. The van der Waals surface area contributed by atoms with Crippen LogP contribution in [0.3, 0.4) is 0 Å². The van der Waals surface area contributed by atoms with Gasteiger partial charge in [-0.2, -0.15) is 4.31 Å². The molecule has 0 aliphatic heterocycles. The number of anilines is 1. The lowest BCUT2D eigenvalue weighted by Crippen LogP contribution is -2.37. The van der Waals surface area contributed by atoms with Gasteiger partial charge in [-0.15, -0.1) is 0 Å². The van der Waals surface area contributed by atoms with Crippen LogP contribution in [0.1, 0.15) is 0 Å². The maximum atomic E-state index is 12.4. The van der Waals surface area contributed by atoms with E-state index in [4.69, 9.17) is 22.4 Å². The molecule has 0 aliphatic carbocycles. The van der Waals surface area contributed by atoms with Crippen molar-refractivity contribution in [1.82, 2.24) is 4.31 Å². The lowest BCUT2D eigenvalue weighted by atomic mass is 10.3. The Bertz CT molecular complexity index is 540. The van der Waals surface area contributed by atoms with Crippen LogP contribution < -0.4 is 5.73 Å². The summed E-state index contributed by atoms with van der Waals surface area (Å²) in [6.07, 6.45) is -2.85. The summed E-state index contributed by atoms with van der Waals surface area (Å²) in [5.41, 5.74) is 5.69. The van der Waals surface area contributed by atoms with E-state index < -0.39 is 36.1 Å². The average molecular weight is 315 g/mol. The van der Waals surface area contributed by atoms with Gasteiger partial charge in [-0.1, -0.05) is 11.6 Å². The minimum absolute atomic E-state index is 0.155. The fourth-order valence-corrected chi connectivity index (χ4v) is 3.38. The molecule has 0 heterocycles. The molecule has 1 aromatic carbocycles. The van der Waals surface area contributed by atoms with Crippen LogP contribution in [-0.4, -0.2) is 44.0 Å². The lowest BCUT2D eigenvalue weighted by molar-refractivity contribution is 0.113. The monoisotopic (exact) mass is 314 g/mol. The molecule has 1 rings (SSSR count). The van der Waals surface area contributed by atoms with Gasteiger partial charge in [0, 0.05) is 12.2 Å². The summed E-state index contributed by atoms with van der Waals surface area (Å²) in [7, 11) is -4.20. The highest BCUT2D eigenvalue weighted by Gasteiger charge is 2.28. The molecule has 0 fully saturated rings. The van der Waals surface area contributed by atoms with E-state index in [1.165, 1.54) is 12.1 Å². The van der Waals surface area contributed by atoms with E-state index in [9.17, 15) is 17.2 Å². The van der Waals surface area contributed by atoms with Gasteiger partial charge in [0.25, 0.3) is 6.43 Å². The fourth-order valence-electron chi connectivity index (χ4n) is 1.44. The van der Waals surface area contributed by atoms with Crippen molar-refractivity contribution in [1.29, 1.82) is 0 Å². The largest absolute Gasteiger partial charge is 0.399 e. The van der Waals surface area contributed by atoms with E-state index in [-0.39, 0.29) is 15.6 Å². The Labute approximate surface area is 114 Å². The fraction of sp³-hybridized carbons (Fsp3) is 0.400. The van der Waals surface area contributed by atoms with Crippen molar-refractivity contribution >= 4 is 27.3 Å². The summed E-state index contributed by atoms with van der Waals surface area (Å²) in [6.45, 7) is -2.02. The SMILES string of the molecule is Nc1ccc(S(=O)(=O)N(CCO)CC(F)F)c(Cl)c1. The van der Waals surface area contributed by atoms with Gasteiger partial charge in [-0.3, -0.25) is 0 Å². The zero-order valence-electron chi connectivity index (χ0n) is 9.76. The maximum Gasteiger partial charge on any atom is 0.252 e. The van der Waals surface area contributed by atoms with Crippen LogP contribution in [0, 0.1) is 0 Å². The van der Waals surface area contributed by atoms with Crippen LogP contribution >= 0.6 is 11.6 Å². The number of hydrogen-bond donors (Lipinski definition) is 2. The molecule has 0 aromatic heterocycles. The molecule has 108 valence electrons. The van der Waals surface area contributed by atoms with Crippen molar-refractivity contribution in [3.05, 3.63) is 23.2 Å². The number of halogens is 3. The van der Waals surface area contributed by atoms with Crippen molar-refractivity contribution in [2.75, 3.05) is 25.4 Å². The molecule has 19 heavy (non-hydrogen) atoms. The highest BCUT2D eigenvalue weighted by Crippen LogP contribution is 2.26. The molecule has 0 amide bonds. The molecular formula is C10H13ClF2N2O3S. The van der Waals surface area contributed by atoms with Gasteiger partial charge in [0.1, 0.15) is 4.90 Å². The van der Waals surface area contributed by atoms with Crippen molar-refractivity contribution < 1.29 is 22.3 Å². The van der Waals surface area contributed by atoms with E-state index in [0.29, 0.717) is 4.31 Å². The Kier molecular flexibility index (Phi) is 5.48. The molecule has 0 atom stereocenters. The first kappa shape index (κ1) is 16.1. The highest BCUT2D eigenvalue weighted by molar-refractivity contribution is 7.89. The van der Waals surface area contributed by atoms with Crippen LogP contribution in [0.5, 0.6) is 0 Å². The third kappa shape index (κ3) is 4.00. The van der Waals surface area contributed by atoms with Gasteiger partial charge < -0.3 is 10.8 Å². The third-order valence-electron chi connectivity index (χ3n) is 2.26. The predicted molar refractivity (Wildman–Crippen MR) is 67.7 cm³/mol. The normalized spacial score (nSPS) is 12.3. The minimum Gasteiger partial charge on any atom is -0.399 e. The zero-order chi connectivity index (χ0) is 14.6. The molecular weight excluding hydrogens is 302 g/mol. The summed E-state index contributed by atoms with van der Waals surface area (Å²) < 4.78 is 49.5. The number of benzene rings is 1. The first-order valence-electron chi connectivity index (χ1n) is 5.23. The number of nitrogen functional groups attached to an aromatic ring is 1. The number of aliphatic hydroxyl groups is 1. The molecule has 0 radical (unpaired) electrons. The second-order valence-electron chi connectivity index (χ2n) is 3.67. The molecule has 0 unspecified atom stereocenters. The van der Waals surface area contributed by atoms with Gasteiger partial charge in [0.15, 0.2) is 0 Å². The van der Waals surface area contributed by atoms with E-state index in [0.717, 1.165) is 6.07 Å². The highest BCUT2D eigenvalue weighted by atomic mass is 35.5. The first-order chi connectivity index (χ1) is 8.78. The molecule has 0 spiro atoms. The Balaban J connectivity index is 3.18. The van der Waals surface area contributed by atoms with Crippen LogP contribution in [0.25, 0.3) is 0 Å². The molecule has 0 saturated carbocycles. The molecule has 5 nitrogen and oxygen atoms in total. The molecule has 0 bridgehead atoms. The van der Waals surface area contributed by atoms with E-state index in [1.54, 1.807) is 0 Å². The Morgan fingerprint density at radius 2 is 2.05 bits per heavy atom. The first-order valence-corrected chi connectivity index (χ1v) is 7.05. The number of sulfonamides is 1. The summed E-state index contributed by atoms with van der Waals surface area (Å²) in [5.74, 6) is 0. The average Bonchev–Trinajstić information content (AvgIpc) is 2.27. The van der Waals surface area contributed by atoms with Crippen molar-refractivity contribution in [2.45, 2.75) is 11.3 Å². The van der Waals surface area contributed by atoms with Gasteiger partial charge in [-0.25, -0.2) is 17.2 Å². The van der Waals surface area contributed by atoms with Gasteiger partial charge in [0.2, 0.25) is 10.0 Å². The van der Waals surface area contributed by atoms with Gasteiger partial charge in [-0.05, 0) is 18.2 Å². The smallest absolute Gasteiger partial charge is 0.252 e. The summed E-state index contributed by atoms with van der Waals surface area (Å²) >= 11 is 5.76. The van der Waals surface area contributed by atoms with Crippen molar-refractivity contribution in [3.8, 4) is 0 Å². The zero-order valence-corrected chi connectivity index (χ0v) is 11.3. The van der Waals surface area contributed by atoms with Crippen LogP contribution in [-0.2, 0) is 10.0 Å². The van der Waals surface area contributed by atoms with Crippen molar-refractivity contribution in [2.24, 2.45) is 0 Å². The Morgan fingerprint density at radius 3 is 2.53 bits per heavy atom. The minimum atomic E-state index is -4.20. The topological polar surface area (TPSA) is 83.6 Å². The number of nitrogens with zero attached hydrogens (tertiary/aromatic N) is 1. The maximum absolute atomic E-state index is 12.4. The molecule has 0 saturated heterocycles. The number of rotatable bonds is 6. The quantitative estimate of drug-likeness (QED) is 0.772. The second-order valence-corrected chi connectivity index (χ2v) is 5.98. The standard InChI is InChI=1S/C10H13ClF2N2O3S/c11-8-5-7(14)1-2-9(8)19(17,18)15(3-4-16)6-10(12)13/h1-2,5,10,16H,3-4,6,14H2. The summed E-state index contributed by atoms with van der Waals surface area (Å²) in [6, 6.07) is 3.66. The van der Waals surface area contributed by atoms with Crippen LogP contribution in [0.2, 0.25) is 5.02 Å². The second kappa shape index (κ2) is 6.47. The van der Waals surface area contributed by atoms with Gasteiger partial charge in [0.05, 0.1) is 18.2 Å². The number of alkyl halides is 2. The Hall–Kier alpha value is -0.960. The van der Waals surface area contributed by atoms with Crippen LogP contribution in [0.15, 0.2) is 23.1 Å². The van der Waals surface area contributed by atoms with E-state index in [2.05, 4.69) is 0 Å². The summed E-state index contributed by atoms with van der Waals surface area (Å²) in [4.78, 5) is -0.322. The summed E-state index contributed by atoms with van der Waals surface area (Å²) in [5, 5.41) is 8.61. The van der Waals surface area contributed by atoms with Crippen LogP contribution in [0.4, 0.5) is 14.5 Å². The van der Waals surface area contributed by atoms with Crippen molar-refractivity contribution in [3.63, 3.8) is 0 Å². The van der Waals surface area contributed by atoms with E-state index in [1.807, 2.05) is 0 Å². The lowest BCUT2D eigenvalue weighted by Gasteiger charge is -2.21. The number of nitrogens with two attached hydrogens (primary N) is 1. The molecule has 9 heteroatoms. The van der Waals surface area contributed by atoms with E-state index >= 15 is 0 Å². The predicted octanol–water partition coefficient (Wildman–Crippen LogP) is 1.17. The molecule has 0 aliphatic rings.